The normalized spacial score (nSPS) is 12.8. The molecule has 0 aliphatic carbocycles. The van der Waals surface area contributed by atoms with Crippen molar-refractivity contribution in [2.45, 2.75) is 20.0 Å². The zero-order chi connectivity index (χ0) is 14.1. The van der Waals surface area contributed by atoms with Crippen LogP contribution >= 0.6 is 0 Å². The van der Waals surface area contributed by atoms with E-state index in [-0.39, 0.29) is 0 Å². The van der Waals surface area contributed by atoms with E-state index in [9.17, 15) is 5.11 Å². The molecule has 0 radical (unpaired) electrons. The van der Waals surface area contributed by atoms with E-state index in [1.807, 2.05) is 50.2 Å². The summed E-state index contributed by atoms with van der Waals surface area (Å²) in [6.45, 7) is 4.43. The van der Waals surface area contributed by atoms with E-state index < -0.39 is 6.10 Å². The maximum atomic E-state index is 10.2. The van der Waals surface area contributed by atoms with E-state index in [0.29, 0.717) is 6.61 Å². The Kier molecular flexibility index (Phi) is 3.33. The summed E-state index contributed by atoms with van der Waals surface area (Å²) in [5, 5.41) is 14.4. The Labute approximate surface area is 118 Å². The molecule has 3 aromatic carbocycles. The van der Waals surface area contributed by atoms with Crippen molar-refractivity contribution in [1.29, 1.82) is 0 Å². The molecular formula is C18H18O2. The highest BCUT2D eigenvalue weighted by Crippen LogP contribution is 2.40. The predicted molar refractivity (Wildman–Crippen MR) is 83.3 cm³/mol. The molecule has 0 aliphatic heterocycles. The van der Waals surface area contributed by atoms with Gasteiger partial charge in [0.15, 0.2) is 0 Å². The van der Waals surface area contributed by atoms with Gasteiger partial charge in [-0.3, -0.25) is 0 Å². The second-order valence-corrected chi connectivity index (χ2v) is 4.94. The van der Waals surface area contributed by atoms with Crippen molar-refractivity contribution in [3.8, 4) is 5.75 Å². The zero-order valence-electron chi connectivity index (χ0n) is 11.8. The average Bonchev–Trinajstić information content (AvgIpc) is 2.47. The van der Waals surface area contributed by atoms with Gasteiger partial charge < -0.3 is 9.84 Å². The largest absolute Gasteiger partial charge is 0.493 e. The fourth-order valence-electron chi connectivity index (χ4n) is 2.87. The number of ether oxygens (including phenoxy) is 1. The Hall–Kier alpha value is -2.06. The summed E-state index contributed by atoms with van der Waals surface area (Å²) in [4.78, 5) is 0. The number of aliphatic hydroxyl groups is 1. The first-order chi connectivity index (χ1) is 9.74. The fourth-order valence-corrected chi connectivity index (χ4v) is 2.87. The third kappa shape index (κ3) is 1.93. The summed E-state index contributed by atoms with van der Waals surface area (Å²) in [5.74, 6) is 0.906. The maximum Gasteiger partial charge on any atom is 0.134 e. The Balaban J connectivity index is 2.54. The molecule has 3 rings (SSSR count). The molecule has 102 valence electrons. The number of benzene rings is 3. The summed E-state index contributed by atoms with van der Waals surface area (Å²) >= 11 is 0. The molecule has 0 bridgehead atoms. The highest BCUT2D eigenvalue weighted by Gasteiger charge is 2.16. The second-order valence-electron chi connectivity index (χ2n) is 4.94. The Bertz CT molecular complexity index is 703. The lowest BCUT2D eigenvalue weighted by Gasteiger charge is -2.18. The Morgan fingerprint density at radius 3 is 1.75 bits per heavy atom. The second kappa shape index (κ2) is 5.14. The lowest BCUT2D eigenvalue weighted by atomic mass is 9.93. The third-order valence-corrected chi connectivity index (χ3v) is 3.63. The van der Waals surface area contributed by atoms with Crippen LogP contribution in [0, 0.1) is 0 Å². The molecule has 0 heterocycles. The molecule has 2 nitrogen and oxygen atoms in total. The molecule has 0 saturated heterocycles. The number of fused-ring (bicyclic) bond motifs is 2. The van der Waals surface area contributed by atoms with Crippen LogP contribution in [0.2, 0.25) is 0 Å². The van der Waals surface area contributed by atoms with Crippen LogP contribution in [-0.2, 0) is 0 Å². The highest BCUT2D eigenvalue weighted by atomic mass is 16.5. The van der Waals surface area contributed by atoms with E-state index in [1.54, 1.807) is 0 Å². The minimum absolute atomic E-state index is 0.513. The van der Waals surface area contributed by atoms with Crippen LogP contribution in [-0.4, -0.2) is 11.7 Å². The first-order valence-electron chi connectivity index (χ1n) is 6.98. The monoisotopic (exact) mass is 266 g/mol. The van der Waals surface area contributed by atoms with E-state index in [2.05, 4.69) is 12.1 Å². The molecule has 0 amide bonds. The number of hydrogen-bond donors (Lipinski definition) is 1. The molecule has 1 unspecified atom stereocenters. The van der Waals surface area contributed by atoms with Gasteiger partial charge in [0, 0.05) is 10.8 Å². The smallest absolute Gasteiger partial charge is 0.134 e. The molecule has 0 aromatic heterocycles. The van der Waals surface area contributed by atoms with Gasteiger partial charge in [-0.25, -0.2) is 0 Å². The van der Waals surface area contributed by atoms with Crippen LogP contribution in [0.5, 0.6) is 5.75 Å². The van der Waals surface area contributed by atoms with Crippen LogP contribution in [0.4, 0.5) is 0 Å². The molecule has 0 fully saturated rings. The van der Waals surface area contributed by atoms with Gasteiger partial charge in [-0.05, 0) is 30.2 Å². The number of rotatable bonds is 3. The minimum Gasteiger partial charge on any atom is -0.493 e. The first-order valence-corrected chi connectivity index (χ1v) is 6.98. The lowest BCUT2D eigenvalue weighted by Crippen LogP contribution is -1.99. The molecule has 3 aromatic rings. The van der Waals surface area contributed by atoms with Gasteiger partial charge in [0.2, 0.25) is 0 Å². The standard InChI is InChI=1S/C18H18O2/c1-3-20-18-15-10-6-4-8-13(15)17(12(2)19)14-9-5-7-11-16(14)18/h4-12,19H,3H2,1-2H3. The number of hydrogen-bond acceptors (Lipinski definition) is 2. The van der Waals surface area contributed by atoms with E-state index in [0.717, 1.165) is 32.9 Å². The van der Waals surface area contributed by atoms with E-state index in [1.165, 1.54) is 0 Å². The molecule has 1 N–H and O–H groups in total. The molecule has 0 spiro atoms. The quantitative estimate of drug-likeness (QED) is 0.710. The number of aliphatic hydroxyl groups excluding tert-OH is 1. The van der Waals surface area contributed by atoms with Crippen LogP contribution in [0.3, 0.4) is 0 Å². The predicted octanol–water partition coefficient (Wildman–Crippen LogP) is 4.45. The third-order valence-electron chi connectivity index (χ3n) is 3.63. The van der Waals surface area contributed by atoms with Crippen molar-refractivity contribution in [2.75, 3.05) is 6.61 Å². The zero-order valence-corrected chi connectivity index (χ0v) is 11.8. The van der Waals surface area contributed by atoms with Crippen LogP contribution in [0.1, 0.15) is 25.5 Å². The van der Waals surface area contributed by atoms with Crippen LogP contribution in [0.15, 0.2) is 48.5 Å². The van der Waals surface area contributed by atoms with Crippen molar-refractivity contribution in [3.63, 3.8) is 0 Å². The molecule has 20 heavy (non-hydrogen) atoms. The Morgan fingerprint density at radius 1 is 0.900 bits per heavy atom. The van der Waals surface area contributed by atoms with Gasteiger partial charge in [-0.2, -0.15) is 0 Å². The summed E-state index contributed by atoms with van der Waals surface area (Å²) in [6.07, 6.45) is -0.513. The van der Waals surface area contributed by atoms with Gasteiger partial charge in [0.1, 0.15) is 5.75 Å². The Morgan fingerprint density at radius 2 is 1.35 bits per heavy atom. The molecule has 1 atom stereocenters. The lowest BCUT2D eigenvalue weighted by molar-refractivity contribution is 0.202. The van der Waals surface area contributed by atoms with Crippen LogP contribution < -0.4 is 4.74 Å². The van der Waals surface area contributed by atoms with Crippen LogP contribution in [0.25, 0.3) is 21.5 Å². The van der Waals surface area contributed by atoms with Crippen molar-refractivity contribution in [1.82, 2.24) is 0 Å². The minimum atomic E-state index is -0.513. The van der Waals surface area contributed by atoms with Gasteiger partial charge >= 0.3 is 0 Å². The molecule has 0 aliphatic rings. The molecule has 0 saturated carbocycles. The van der Waals surface area contributed by atoms with Gasteiger partial charge in [0.05, 0.1) is 12.7 Å². The van der Waals surface area contributed by atoms with Crippen molar-refractivity contribution >= 4 is 21.5 Å². The summed E-state index contributed by atoms with van der Waals surface area (Å²) < 4.78 is 5.89. The topological polar surface area (TPSA) is 29.5 Å². The van der Waals surface area contributed by atoms with Gasteiger partial charge in [-0.1, -0.05) is 48.5 Å². The summed E-state index contributed by atoms with van der Waals surface area (Å²) in [6, 6.07) is 16.2. The fraction of sp³-hybridized carbons (Fsp3) is 0.222. The van der Waals surface area contributed by atoms with Crippen molar-refractivity contribution in [2.24, 2.45) is 0 Å². The summed E-state index contributed by atoms with van der Waals surface area (Å²) in [7, 11) is 0. The average molecular weight is 266 g/mol. The van der Waals surface area contributed by atoms with Crippen molar-refractivity contribution in [3.05, 3.63) is 54.1 Å². The SMILES string of the molecule is CCOc1c2ccccc2c(C(C)O)c2ccccc12. The maximum absolute atomic E-state index is 10.2. The molecule has 2 heteroatoms. The van der Waals surface area contributed by atoms with Crippen molar-refractivity contribution < 1.29 is 9.84 Å². The van der Waals surface area contributed by atoms with E-state index >= 15 is 0 Å². The highest BCUT2D eigenvalue weighted by molar-refractivity contribution is 6.08. The van der Waals surface area contributed by atoms with Gasteiger partial charge in [0.25, 0.3) is 0 Å². The van der Waals surface area contributed by atoms with E-state index in [4.69, 9.17) is 4.74 Å². The molecular weight excluding hydrogens is 248 g/mol. The first kappa shape index (κ1) is 12.9. The summed E-state index contributed by atoms with van der Waals surface area (Å²) in [5.41, 5.74) is 0.972. The van der Waals surface area contributed by atoms with Gasteiger partial charge in [-0.15, -0.1) is 0 Å².